The summed E-state index contributed by atoms with van der Waals surface area (Å²) < 4.78 is 25.7. The number of nitrogens with zero attached hydrogens (tertiary/aromatic N) is 2. The van der Waals surface area contributed by atoms with Crippen LogP contribution in [0.4, 0.5) is 9.18 Å². The molecule has 1 aliphatic rings. The first-order chi connectivity index (χ1) is 14.7. The van der Waals surface area contributed by atoms with Gasteiger partial charge in [-0.2, -0.15) is 0 Å². The first-order valence-electron chi connectivity index (χ1n) is 10.4. The highest BCUT2D eigenvalue weighted by molar-refractivity contribution is 7.21. The Balaban J connectivity index is 1.52. The van der Waals surface area contributed by atoms with Crippen molar-refractivity contribution in [2.24, 2.45) is 0 Å². The summed E-state index contributed by atoms with van der Waals surface area (Å²) in [4.78, 5) is 29.3. The van der Waals surface area contributed by atoms with Crippen LogP contribution in [0.1, 0.15) is 36.0 Å². The molecule has 0 spiro atoms. The van der Waals surface area contributed by atoms with Crippen LogP contribution in [0.3, 0.4) is 0 Å². The van der Waals surface area contributed by atoms with Crippen molar-refractivity contribution in [1.82, 2.24) is 15.1 Å². The maximum Gasteiger partial charge on any atom is 0.410 e. The monoisotopic (exact) mass is 451 g/mol. The lowest BCUT2D eigenvalue weighted by Gasteiger charge is -2.35. The van der Waals surface area contributed by atoms with Gasteiger partial charge in [-0.05, 0) is 32.9 Å². The lowest BCUT2D eigenvalue weighted by atomic mass is 10.1. The smallest absolute Gasteiger partial charge is 0.410 e. The molecule has 7 nitrogen and oxygen atoms in total. The van der Waals surface area contributed by atoms with Gasteiger partial charge in [0.05, 0.1) is 11.5 Å². The second kappa shape index (κ2) is 9.93. The van der Waals surface area contributed by atoms with E-state index in [1.165, 1.54) is 24.5 Å². The molecule has 3 rings (SSSR count). The molecule has 1 N–H and O–H groups in total. The molecule has 1 aromatic heterocycles. The van der Waals surface area contributed by atoms with Gasteiger partial charge in [0, 0.05) is 62.0 Å². The summed E-state index contributed by atoms with van der Waals surface area (Å²) in [6.07, 6.45) is -0.289. The van der Waals surface area contributed by atoms with Crippen LogP contribution in [0.15, 0.2) is 18.2 Å². The number of benzene rings is 1. The molecule has 0 radical (unpaired) electrons. The van der Waals surface area contributed by atoms with E-state index in [9.17, 15) is 14.0 Å². The molecule has 1 aliphatic heterocycles. The zero-order valence-electron chi connectivity index (χ0n) is 18.5. The van der Waals surface area contributed by atoms with Crippen LogP contribution in [0.5, 0.6) is 0 Å². The first kappa shape index (κ1) is 23.4. The van der Waals surface area contributed by atoms with Crippen LogP contribution >= 0.6 is 11.3 Å². The largest absolute Gasteiger partial charge is 0.444 e. The number of hydrogen-bond acceptors (Lipinski definition) is 6. The summed E-state index contributed by atoms with van der Waals surface area (Å²) in [6.45, 7) is 9.51. The van der Waals surface area contributed by atoms with Crippen molar-refractivity contribution in [2.45, 2.75) is 33.0 Å². The maximum atomic E-state index is 14.3. The number of hydrogen-bond donors (Lipinski definition) is 1. The van der Waals surface area contributed by atoms with Gasteiger partial charge < -0.3 is 19.7 Å². The molecule has 0 aliphatic carbocycles. The van der Waals surface area contributed by atoms with Crippen LogP contribution in [-0.2, 0) is 16.1 Å². The molecular formula is C22H30FN3O4S. The molecule has 0 saturated carbocycles. The van der Waals surface area contributed by atoms with Gasteiger partial charge in [-0.25, -0.2) is 9.18 Å². The van der Waals surface area contributed by atoms with Gasteiger partial charge in [0.15, 0.2) is 0 Å². The van der Waals surface area contributed by atoms with Crippen molar-refractivity contribution in [1.29, 1.82) is 0 Å². The van der Waals surface area contributed by atoms with E-state index in [2.05, 4.69) is 10.2 Å². The Labute approximate surface area is 186 Å². The zero-order valence-corrected chi connectivity index (χ0v) is 19.3. The Morgan fingerprint density at radius 2 is 1.90 bits per heavy atom. The van der Waals surface area contributed by atoms with E-state index in [4.69, 9.17) is 9.47 Å². The van der Waals surface area contributed by atoms with Crippen LogP contribution in [0.2, 0.25) is 0 Å². The summed E-state index contributed by atoms with van der Waals surface area (Å²) in [5, 5.41) is 3.39. The number of rotatable bonds is 6. The van der Waals surface area contributed by atoms with Crippen molar-refractivity contribution in [3.63, 3.8) is 0 Å². The SMILES string of the molecule is COCc1c(C(=O)NCCN2CCN(C(=O)OC(C)(C)C)CC2)sc2cccc(F)c12. The highest BCUT2D eigenvalue weighted by Crippen LogP contribution is 2.33. The minimum Gasteiger partial charge on any atom is -0.444 e. The minimum absolute atomic E-state index is 0.177. The lowest BCUT2D eigenvalue weighted by Crippen LogP contribution is -2.51. The van der Waals surface area contributed by atoms with Crippen LogP contribution < -0.4 is 5.32 Å². The standard InChI is InChI=1S/C22H30FN3O4S/c1-22(2,3)30-21(28)26-12-10-25(11-13-26)9-8-24-20(27)19-15(14-29-4)18-16(23)6-5-7-17(18)31-19/h5-7H,8-14H2,1-4H3,(H,24,27). The van der Waals surface area contributed by atoms with E-state index < -0.39 is 5.60 Å². The first-order valence-corrected chi connectivity index (χ1v) is 11.2. The van der Waals surface area contributed by atoms with Crippen molar-refractivity contribution in [3.05, 3.63) is 34.5 Å². The Morgan fingerprint density at radius 3 is 2.55 bits per heavy atom. The number of amides is 2. The molecule has 0 unspecified atom stereocenters. The topological polar surface area (TPSA) is 71.1 Å². The van der Waals surface area contributed by atoms with Crippen molar-refractivity contribution >= 4 is 33.4 Å². The molecule has 1 fully saturated rings. The highest BCUT2D eigenvalue weighted by Gasteiger charge is 2.26. The van der Waals surface area contributed by atoms with Gasteiger partial charge in [0.25, 0.3) is 5.91 Å². The summed E-state index contributed by atoms with van der Waals surface area (Å²) in [5.74, 6) is -0.567. The zero-order chi connectivity index (χ0) is 22.6. The van der Waals surface area contributed by atoms with Crippen LogP contribution in [0.25, 0.3) is 10.1 Å². The normalized spacial score (nSPS) is 15.3. The predicted molar refractivity (Wildman–Crippen MR) is 119 cm³/mol. The Hall–Kier alpha value is -2.23. The van der Waals surface area contributed by atoms with Gasteiger partial charge in [-0.15, -0.1) is 11.3 Å². The molecule has 2 aromatic rings. The number of carbonyl (C=O) groups excluding carboxylic acids is 2. The third-order valence-corrected chi connectivity index (χ3v) is 6.19. The Kier molecular flexibility index (Phi) is 7.51. The van der Waals surface area contributed by atoms with E-state index in [1.807, 2.05) is 26.8 Å². The number of fused-ring (bicyclic) bond motifs is 1. The van der Waals surface area contributed by atoms with Crippen molar-refractivity contribution in [3.8, 4) is 0 Å². The number of carbonyl (C=O) groups is 2. The molecule has 170 valence electrons. The summed E-state index contributed by atoms with van der Waals surface area (Å²) in [5.41, 5.74) is 0.0828. The van der Waals surface area contributed by atoms with Gasteiger partial charge in [0.2, 0.25) is 0 Å². The fraction of sp³-hybridized carbons (Fsp3) is 0.545. The number of thiophene rings is 1. The molecule has 31 heavy (non-hydrogen) atoms. The quantitative estimate of drug-likeness (QED) is 0.728. The second-order valence-electron chi connectivity index (χ2n) is 8.52. The second-order valence-corrected chi connectivity index (χ2v) is 9.57. The third kappa shape index (κ3) is 5.93. The average Bonchev–Trinajstić information content (AvgIpc) is 3.07. The Morgan fingerprint density at radius 1 is 1.19 bits per heavy atom. The van der Waals surface area contributed by atoms with Gasteiger partial charge in [0.1, 0.15) is 11.4 Å². The maximum absolute atomic E-state index is 14.3. The van der Waals surface area contributed by atoms with Gasteiger partial charge >= 0.3 is 6.09 Å². The van der Waals surface area contributed by atoms with E-state index in [-0.39, 0.29) is 24.4 Å². The van der Waals surface area contributed by atoms with E-state index >= 15 is 0 Å². The number of piperazine rings is 1. The molecule has 2 heterocycles. The number of ether oxygens (including phenoxy) is 2. The minimum atomic E-state index is -0.504. The molecule has 0 bridgehead atoms. The number of halogens is 1. The molecule has 0 atom stereocenters. The lowest BCUT2D eigenvalue weighted by molar-refractivity contribution is 0.0147. The van der Waals surface area contributed by atoms with E-state index in [0.717, 1.165) is 17.8 Å². The van der Waals surface area contributed by atoms with Gasteiger partial charge in [-0.1, -0.05) is 6.07 Å². The molecule has 1 saturated heterocycles. The average molecular weight is 452 g/mol. The summed E-state index contributed by atoms with van der Waals surface area (Å²) >= 11 is 1.28. The Bertz CT molecular complexity index is 933. The molecule has 1 aromatic carbocycles. The third-order valence-electron chi connectivity index (χ3n) is 5.00. The summed E-state index contributed by atoms with van der Waals surface area (Å²) in [7, 11) is 1.53. The molecule has 2 amide bonds. The molecule has 9 heteroatoms. The number of methoxy groups -OCH3 is 1. The van der Waals surface area contributed by atoms with Crippen molar-refractivity contribution in [2.75, 3.05) is 46.4 Å². The highest BCUT2D eigenvalue weighted by atomic mass is 32.1. The van der Waals surface area contributed by atoms with Crippen LogP contribution in [-0.4, -0.2) is 73.8 Å². The van der Waals surface area contributed by atoms with Gasteiger partial charge in [-0.3, -0.25) is 9.69 Å². The predicted octanol–water partition coefficient (Wildman–Crippen LogP) is 3.47. The van der Waals surface area contributed by atoms with Crippen molar-refractivity contribution < 1.29 is 23.5 Å². The summed E-state index contributed by atoms with van der Waals surface area (Å²) in [6, 6.07) is 4.85. The fourth-order valence-electron chi connectivity index (χ4n) is 3.52. The fourth-order valence-corrected chi connectivity index (χ4v) is 4.66. The molecular weight excluding hydrogens is 421 g/mol. The van der Waals surface area contributed by atoms with E-state index in [0.29, 0.717) is 42.0 Å². The van der Waals surface area contributed by atoms with Crippen LogP contribution in [0, 0.1) is 5.82 Å². The van der Waals surface area contributed by atoms with E-state index in [1.54, 1.807) is 11.0 Å². The number of nitrogens with one attached hydrogen (secondary N) is 1.